The topological polar surface area (TPSA) is 40.1 Å². The van der Waals surface area contributed by atoms with E-state index in [4.69, 9.17) is 0 Å². The average Bonchev–Trinajstić information content (AvgIpc) is 2.16. The van der Waals surface area contributed by atoms with Gasteiger partial charge in [0, 0.05) is 4.90 Å². The number of benzene rings is 2. The van der Waals surface area contributed by atoms with Gasteiger partial charge in [0.1, 0.15) is 0 Å². The third kappa shape index (κ3) is 1.69. The Kier molecular flexibility index (Phi) is 2.35. The zero-order valence-corrected chi connectivity index (χ0v) is 8.51. The normalized spacial score (nSPS) is 13.0. The summed E-state index contributed by atoms with van der Waals surface area (Å²) in [5, 5.41) is 2.02. The van der Waals surface area contributed by atoms with E-state index >= 15 is 0 Å². The highest BCUT2D eigenvalue weighted by Crippen LogP contribution is 2.18. The van der Waals surface area contributed by atoms with E-state index in [1.807, 2.05) is 31.2 Å². The lowest BCUT2D eigenvalue weighted by Crippen LogP contribution is -1.88. The molecule has 0 radical (unpaired) electrons. The molecule has 0 aliphatic heterocycles. The molecule has 0 saturated heterocycles. The van der Waals surface area contributed by atoms with Gasteiger partial charge in [-0.05, 0) is 40.9 Å². The quantitative estimate of drug-likeness (QED) is 0.670. The number of aryl methyl sites for hydroxylation is 1. The highest BCUT2D eigenvalue weighted by atomic mass is 32.2. The van der Waals surface area contributed by atoms with Crippen LogP contribution in [0.2, 0.25) is 0 Å². The number of rotatable bonds is 1. The molecule has 3 heteroatoms. The summed E-state index contributed by atoms with van der Waals surface area (Å²) < 4.78 is 21.4. The van der Waals surface area contributed by atoms with E-state index < -0.39 is 11.1 Å². The SMILES string of the molecule is Cc1ccc2cc(S(=O)[O-])ccc2c1. The van der Waals surface area contributed by atoms with Crippen LogP contribution in [-0.2, 0) is 11.1 Å². The first kappa shape index (κ1) is 9.37. The van der Waals surface area contributed by atoms with Gasteiger partial charge in [-0.1, -0.05) is 29.8 Å². The van der Waals surface area contributed by atoms with Crippen molar-refractivity contribution >= 4 is 21.9 Å². The van der Waals surface area contributed by atoms with Crippen LogP contribution in [0, 0.1) is 6.92 Å². The largest absolute Gasteiger partial charge is 0.768 e. The van der Waals surface area contributed by atoms with E-state index in [0.717, 1.165) is 10.8 Å². The Morgan fingerprint density at radius 1 is 1.07 bits per heavy atom. The summed E-state index contributed by atoms with van der Waals surface area (Å²) in [6.45, 7) is 2.01. The molecule has 0 bridgehead atoms. The fraction of sp³-hybridized carbons (Fsp3) is 0.0909. The second-order valence-corrected chi connectivity index (χ2v) is 4.19. The van der Waals surface area contributed by atoms with E-state index in [1.165, 1.54) is 5.56 Å². The van der Waals surface area contributed by atoms with Gasteiger partial charge in [0.15, 0.2) is 0 Å². The van der Waals surface area contributed by atoms with Crippen LogP contribution in [0.5, 0.6) is 0 Å². The molecule has 0 aliphatic rings. The molecule has 0 fully saturated rings. The van der Waals surface area contributed by atoms with Crippen LogP contribution < -0.4 is 0 Å². The maximum absolute atomic E-state index is 10.7. The van der Waals surface area contributed by atoms with Crippen molar-refractivity contribution in [3.8, 4) is 0 Å². The average molecular weight is 205 g/mol. The molecule has 72 valence electrons. The lowest BCUT2D eigenvalue weighted by Gasteiger charge is -2.06. The molecule has 2 nitrogen and oxygen atoms in total. The third-order valence-electron chi connectivity index (χ3n) is 2.16. The maximum Gasteiger partial charge on any atom is 0.0255 e. The Hall–Kier alpha value is -1.19. The zero-order valence-electron chi connectivity index (χ0n) is 7.69. The summed E-state index contributed by atoms with van der Waals surface area (Å²) in [5.74, 6) is 0. The maximum atomic E-state index is 10.7. The van der Waals surface area contributed by atoms with E-state index in [9.17, 15) is 8.76 Å². The molecule has 0 N–H and O–H groups in total. The summed E-state index contributed by atoms with van der Waals surface area (Å²) in [5.41, 5.74) is 1.17. The van der Waals surface area contributed by atoms with Crippen LogP contribution in [-0.4, -0.2) is 8.76 Å². The smallest absolute Gasteiger partial charge is 0.0255 e. The van der Waals surface area contributed by atoms with Crippen LogP contribution in [0.3, 0.4) is 0 Å². The Bertz CT molecular complexity index is 506. The molecular formula is C11H9O2S-. The van der Waals surface area contributed by atoms with E-state index in [-0.39, 0.29) is 0 Å². The van der Waals surface area contributed by atoms with Gasteiger partial charge in [0.05, 0.1) is 0 Å². The summed E-state index contributed by atoms with van der Waals surface area (Å²) in [7, 11) is 0. The van der Waals surface area contributed by atoms with Crippen molar-refractivity contribution in [3.63, 3.8) is 0 Å². The Morgan fingerprint density at radius 2 is 1.71 bits per heavy atom. The second kappa shape index (κ2) is 3.52. The number of fused-ring (bicyclic) bond motifs is 1. The van der Waals surface area contributed by atoms with Gasteiger partial charge in [-0.25, -0.2) is 0 Å². The fourth-order valence-electron chi connectivity index (χ4n) is 1.45. The first-order valence-electron chi connectivity index (χ1n) is 4.26. The van der Waals surface area contributed by atoms with Crippen LogP contribution in [0.4, 0.5) is 0 Å². The van der Waals surface area contributed by atoms with Crippen molar-refractivity contribution in [1.82, 2.24) is 0 Å². The predicted molar refractivity (Wildman–Crippen MR) is 55.9 cm³/mol. The lowest BCUT2D eigenvalue weighted by molar-refractivity contribution is 0.537. The van der Waals surface area contributed by atoms with Gasteiger partial charge >= 0.3 is 0 Å². The van der Waals surface area contributed by atoms with Crippen molar-refractivity contribution in [2.75, 3.05) is 0 Å². The van der Waals surface area contributed by atoms with Gasteiger partial charge in [-0.3, -0.25) is 4.21 Å². The second-order valence-electron chi connectivity index (χ2n) is 3.25. The first-order valence-corrected chi connectivity index (χ1v) is 5.34. The van der Waals surface area contributed by atoms with Gasteiger partial charge in [0.2, 0.25) is 0 Å². The van der Waals surface area contributed by atoms with Gasteiger partial charge in [0.25, 0.3) is 0 Å². The fourth-order valence-corrected chi connectivity index (χ4v) is 1.85. The minimum Gasteiger partial charge on any atom is -0.768 e. The molecule has 0 saturated carbocycles. The minimum absolute atomic E-state index is 0.335. The molecule has 14 heavy (non-hydrogen) atoms. The summed E-state index contributed by atoms with van der Waals surface area (Å²) in [6.07, 6.45) is 0. The monoisotopic (exact) mass is 205 g/mol. The number of hydrogen-bond donors (Lipinski definition) is 0. The summed E-state index contributed by atoms with van der Waals surface area (Å²) >= 11 is -2.14. The highest BCUT2D eigenvalue weighted by Gasteiger charge is 1.96. The van der Waals surface area contributed by atoms with Gasteiger partial charge in [-0.15, -0.1) is 0 Å². The molecule has 2 aromatic carbocycles. The van der Waals surface area contributed by atoms with E-state index in [0.29, 0.717) is 4.90 Å². The van der Waals surface area contributed by atoms with E-state index in [1.54, 1.807) is 12.1 Å². The van der Waals surface area contributed by atoms with Crippen LogP contribution in [0.1, 0.15) is 5.56 Å². The van der Waals surface area contributed by atoms with Gasteiger partial charge < -0.3 is 4.55 Å². The molecular weight excluding hydrogens is 196 g/mol. The Morgan fingerprint density at radius 3 is 2.43 bits per heavy atom. The lowest BCUT2D eigenvalue weighted by atomic mass is 10.1. The Labute approximate surface area is 84.9 Å². The zero-order chi connectivity index (χ0) is 10.1. The van der Waals surface area contributed by atoms with Crippen molar-refractivity contribution in [1.29, 1.82) is 0 Å². The molecule has 1 atom stereocenters. The molecule has 0 heterocycles. The highest BCUT2D eigenvalue weighted by molar-refractivity contribution is 7.79. The molecule has 2 aromatic rings. The standard InChI is InChI=1S/C11H10O2S/c1-8-2-3-10-7-11(14(12)13)5-4-9(10)6-8/h2-7H,1H3,(H,12,13)/p-1. The first-order chi connectivity index (χ1) is 6.66. The molecule has 2 rings (SSSR count). The van der Waals surface area contributed by atoms with Crippen molar-refractivity contribution < 1.29 is 8.76 Å². The molecule has 0 amide bonds. The predicted octanol–water partition coefficient (Wildman–Crippen LogP) is 2.39. The van der Waals surface area contributed by atoms with Gasteiger partial charge in [-0.2, -0.15) is 0 Å². The third-order valence-corrected chi connectivity index (χ3v) is 2.80. The van der Waals surface area contributed by atoms with E-state index in [2.05, 4.69) is 0 Å². The van der Waals surface area contributed by atoms with Crippen LogP contribution in [0.15, 0.2) is 41.3 Å². The molecule has 0 aromatic heterocycles. The number of hydrogen-bond acceptors (Lipinski definition) is 2. The molecule has 0 aliphatic carbocycles. The minimum atomic E-state index is -2.14. The van der Waals surface area contributed by atoms with Crippen LogP contribution >= 0.6 is 0 Å². The van der Waals surface area contributed by atoms with Crippen molar-refractivity contribution in [2.45, 2.75) is 11.8 Å². The molecule has 1 unspecified atom stereocenters. The van der Waals surface area contributed by atoms with Crippen molar-refractivity contribution in [3.05, 3.63) is 42.0 Å². The summed E-state index contributed by atoms with van der Waals surface area (Å²) in [4.78, 5) is 0.335. The van der Waals surface area contributed by atoms with Crippen LogP contribution in [0.25, 0.3) is 10.8 Å². The van der Waals surface area contributed by atoms with Crippen molar-refractivity contribution in [2.24, 2.45) is 0 Å². The summed E-state index contributed by atoms with van der Waals surface area (Å²) in [6, 6.07) is 11.1. The molecule has 0 spiro atoms. The Balaban J connectivity index is 2.67.